The monoisotopic (exact) mass is 153 g/mol. The van der Waals surface area contributed by atoms with E-state index in [-0.39, 0.29) is 5.12 Å². The molecule has 0 aliphatic heterocycles. The average Bonchev–Trinajstić information content (AvgIpc) is 1.88. The van der Waals surface area contributed by atoms with E-state index in [4.69, 9.17) is 0 Å². The third-order valence-electron chi connectivity index (χ3n) is 1.27. The Hall–Kier alpha value is -0.830. The molecule has 1 aromatic rings. The molecule has 0 amide bonds. The van der Waals surface area contributed by atoms with Gasteiger partial charge in [-0.3, -0.25) is 9.78 Å². The standard InChI is InChI=1S/C7H7NOS/c1-5-2-3-8-4-6(5)7(9)10/h2-4H,1H3,(H,9,10). The maximum Gasteiger partial charge on any atom is 0.218 e. The van der Waals surface area contributed by atoms with E-state index >= 15 is 0 Å². The van der Waals surface area contributed by atoms with Gasteiger partial charge in [-0.25, -0.2) is 0 Å². The third kappa shape index (κ3) is 1.36. The molecule has 3 heteroatoms. The predicted octanol–water partition coefficient (Wildman–Crippen LogP) is 1.46. The van der Waals surface area contributed by atoms with Gasteiger partial charge < -0.3 is 0 Å². The Balaban J connectivity index is 3.15. The normalized spacial score (nSPS) is 9.40. The summed E-state index contributed by atoms with van der Waals surface area (Å²) in [7, 11) is 0. The molecular weight excluding hydrogens is 146 g/mol. The first-order valence-electron chi connectivity index (χ1n) is 2.85. The van der Waals surface area contributed by atoms with Gasteiger partial charge in [0.15, 0.2) is 0 Å². The lowest BCUT2D eigenvalue weighted by Gasteiger charge is -1.96. The Morgan fingerprint density at radius 1 is 1.70 bits per heavy atom. The lowest BCUT2D eigenvalue weighted by molar-refractivity contribution is 0.109. The van der Waals surface area contributed by atoms with Gasteiger partial charge in [0.25, 0.3) is 0 Å². The molecule has 0 spiro atoms. The van der Waals surface area contributed by atoms with Crippen molar-refractivity contribution < 1.29 is 4.79 Å². The highest BCUT2D eigenvalue weighted by molar-refractivity contribution is 7.97. The number of aromatic nitrogens is 1. The van der Waals surface area contributed by atoms with E-state index in [1.165, 1.54) is 6.20 Å². The minimum absolute atomic E-state index is 0.231. The lowest BCUT2D eigenvalue weighted by Crippen LogP contribution is -1.93. The highest BCUT2D eigenvalue weighted by Crippen LogP contribution is 2.06. The summed E-state index contributed by atoms with van der Waals surface area (Å²) in [5.41, 5.74) is 1.49. The van der Waals surface area contributed by atoms with Crippen molar-refractivity contribution in [2.24, 2.45) is 0 Å². The highest BCUT2D eigenvalue weighted by Gasteiger charge is 2.01. The van der Waals surface area contributed by atoms with Crippen LogP contribution in [0.1, 0.15) is 15.9 Å². The van der Waals surface area contributed by atoms with Crippen LogP contribution in [-0.4, -0.2) is 10.1 Å². The second-order valence-corrected chi connectivity index (χ2v) is 2.40. The second kappa shape index (κ2) is 2.84. The van der Waals surface area contributed by atoms with E-state index in [2.05, 4.69) is 17.6 Å². The van der Waals surface area contributed by atoms with E-state index in [9.17, 15) is 4.79 Å². The van der Waals surface area contributed by atoms with E-state index in [1.54, 1.807) is 12.3 Å². The molecule has 0 N–H and O–H groups in total. The molecule has 52 valence electrons. The van der Waals surface area contributed by atoms with E-state index in [0.717, 1.165) is 5.56 Å². The van der Waals surface area contributed by atoms with Crippen LogP contribution < -0.4 is 0 Å². The first-order chi connectivity index (χ1) is 4.72. The molecule has 1 heterocycles. The summed E-state index contributed by atoms with van der Waals surface area (Å²) in [6.45, 7) is 1.85. The van der Waals surface area contributed by atoms with Gasteiger partial charge in [0, 0.05) is 18.0 Å². The fraction of sp³-hybridized carbons (Fsp3) is 0.143. The molecule has 2 nitrogen and oxygen atoms in total. The van der Waals surface area contributed by atoms with Gasteiger partial charge in [0.05, 0.1) is 0 Å². The molecule has 0 saturated carbocycles. The summed E-state index contributed by atoms with van der Waals surface area (Å²) in [6, 6.07) is 1.78. The maximum absolute atomic E-state index is 10.7. The van der Waals surface area contributed by atoms with E-state index in [0.29, 0.717) is 5.56 Å². The molecule has 0 radical (unpaired) electrons. The first-order valence-corrected chi connectivity index (χ1v) is 3.30. The number of hydrogen-bond donors (Lipinski definition) is 1. The van der Waals surface area contributed by atoms with Crippen molar-refractivity contribution >= 4 is 17.7 Å². The zero-order valence-electron chi connectivity index (χ0n) is 5.53. The van der Waals surface area contributed by atoms with Crippen molar-refractivity contribution in [3.05, 3.63) is 29.6 Å². The summed E-state index contributed by atoms with van der Waals surface area (Å²) in [6.07, 6.45) is 3.17. The summed E-state index contributed by atoms with van der Waals surface area (Å²) >= 11 is 3.68. The van der Waals surface area contributed by atoms with Crippen LogP contribution in [0, 0.1) is 6.92 Å². The van der Waals surface area contributed by atoms with Crippen LogP contribution >= 0.6 is 12.6 Å². The molecular formula is C7H7NOS. The second-order valence-electron chi connectivity index (χ2n) is 2.00. The summed E-state index contributed by atoms with van der Waals surface area (Å²) < 4.78 is 0. The van der Waals surface area contributed by atoms with Crippen LogP contribution in [0.2, 0.25) is 0 Å². The number of hydrogen-bond acceptors (Lipinski definition) is 2. The van der Waals surface area contributed by atoms with Gasteiger partial charge in [0.1, 0.15) is 0 Å². The van der Waals surface area contributed by atoms with E-state index in [1.807, 2.05) is 6.92 Å². The quantitative estimate of drug-likeness (QED) is 0.619. The van der Waals surface area contributed by atoms with Crippen LogP contribution in [-0.2, 0) is 0 Å². The molecule has 0 unspecified atom stereocenters. The minimum atomic E-state index is -0.231. The summed E-state index contributed by atoms with van der Waals surface area (Å²) in [4.78, 5) is 14.5. The fourth-order valence-electron chi connectivity index (χ4n) is 0.688. The fourth-order valence-corrected chi connectivity index (χ4v) is 0.922. The Bertz CT molecular complexity index is 260. The first kappa shape index (κ1) is 7.28. The SMILES string of the molecule is Cc1ccncc1C(=O)S. The largest absolute Gasteiger partial charge is 0.282 e. The van der Waals surface area contributed by atoms with Crippen LogP contribution in [0.5, 0.6) is 0 Å². The van der Waals surface area contributed by atoms with E-state index < -0.39 is 0 Å². The number of nitrogens with zero attached hydrogens (tertiary/aromatic N) is 1. The Labute approximate surface area is 64.7 Å². The number of aryl methyl sites for hydroxylation is 1. The van der Waals surface area contributed by atoms with Gasteiger partial charge in [-0.2, -0.15) is 0 Å². The van der Waals surface area contributed by atoms with Crippen LogP contribution in [0.4, 0.5) is 0 Å². The molecule has 10 heavy (non-hydrogen) atoms. The Kier molecular flexibility index (Phi) is 2.06. The van der Waals surface area contributed by atoms with Crippen molar-refractivity contribution in [3.63, 3.8) is 0 Å². The number of thiol groups is 1. The van der Waals surface area contributed by atoms with Crippen molar-refractivity contribution in [2.45, 2.75) is 6.92 Å². The van der Waals surface area contributed by atoms with Crippen molar-refractivity contribution in [1.29, 1.82) is 0 Å². The highest BCUT2D eigenvalue weighted by atomic mass is 32.1. The lowest BCUT2D eigenvalue weighted by atomic mass is 10.2. The molecule has 0 fully saturated rings. The summed E-state index contributed by atoms with van der Waals surface area (Å²) in [5.74, 6) is 0. The molecule has 0 bridgehead atoms. The zero-order chi connectivity index (χ0) is 7.56. The van der Waals surface area contributed by atoms with Crippen molar-refractivity contribution in [1.82, 2.24) is 4.98 Å². The molecule has 0 aliphatic rings. The number of carbonyl (C=O) groups excluding carboxylic acids is 1. The van der Waals surface area contributed by atoms with Gasteiger partial charge in [-0.05, 0) is 18.6 Å². The van der Waals surface area contributed by atoms with Gasteiger partial charge in [-0.15, -0.1) is 12.6 Å². The van der Waals surface area contributed by atoms with Gasteiger partial charge >= 0.3 is 0 Å². The van der Waals surface area contributed by atoms with Crippen molar-refractivity contribution in [3.8, 4) is 0 Å². The van der Waals surface area contributed by atoms with Crippen LogP contribution in [0.15, 0.2) is 18.5 Å². The molecule has 0 aromatic carbocycles. The molecule has 1 rings (SSSR count). The number of rotatable bonds is 1. The molecule has 0 saturated heterocycles. The Morgan fingerprint density at radius 3 is 2.80 bits per heavy atom. The molecule has 0 atom stereocenters. The number of carbonyl (C=O) groups is 1. The third-order valence-corrected chi connectivity index (χ3v) is 1.51. The van der Waals surface area contributed by atoms with Gasteiger partial charge in [-0.1, -0.05) is 0 Å². The average molecular weight is 153 g/mol. The van der Waals surface area contributed by atoms with Crippen LogP contribution in [0.25, 0.3) is 0 Å². The van der Waals surface area contributed by atoms with Crippen LogP contribution in [0.3, 0.4) is 0 Å². The smallest absolute Gasteiger partial charge is 0.218 e. The predicted molar refractivity (Wildman–Crippen MR) is 42.3 cm³/mol. The Morgan fingerprint density at radius 2 is 2.40 bits per heavy atom. The van der Waals surface area contributed by atoms with Gasteiger partial charge in [0.2, 0.25) is 5.12 Å². The topological polar surface area (TPSA) is 30.0 Å². The summed E-state index contributed by atoms with van der Waals surface area (Å²) in [5, 5.41) is -0.231. The number of pyridine rings is 1. The zero-order valence-corrected chi connectivity index (χ0v) is 6.43. The minimum Gasteiger partial charge on any atom is -0.282 e. The molecule has 1 aromatic heterocycles. The molecule has 0 aliphatic carbocycles. The maximum atomic E-state index is 10.7. The van der Waals surface area contributed by atoms with Crippen molar-refractivity contribution in [2.75, 3.05) is 0 Å².